The summed E-state index contributed by atoms with van der Waals surface area (Å²) in [4.78, 5) is 11.3. The van der Waals surface area contributed by atoms with Crippen LogP contribution in [0.3, 0.4) is 0 Å². The average Bonchev–Trinajstić information content (AvgIpc) is 3.09. The van der Waals surface area contributed by atoms with Crippen LogP contribution in [0.5, 0.6) is 0 Å². The summed E-state index contributed by atoms with van der Waals surface area (Å²) in [6.45, 7) is 4.12. The molecule has 0 spiro atoms. The van der Waals surface area contributed by atoms with Gasteiger partial charge in [0.15, 0.2) is 0 Å². The van der Waals surface area contributed by atoms with Crippen molar-refractivity contribution in [3.63, 3.8) is 0 Å². The summed E-state index contributed by atoms with van der Waals surface area (Å²) in [5.41, 5.74) is 2.26. The van der Waals surface area contributed by atoms with E-state index in [1.807, 2.05) is 12.3 Å². The average molecular weight is 293 g/mol. The summed E-state index contributed by atoms with van der Waals surface area (Å²) in [5, 5.41) is 5.52. The smallest absolute Gasteiger partial charge is 0.139 e. The van der Waals surface area contributed by atoms with E-state index in [1.165, 1.54) is 5.56 Å². The molecule has 0 saturated carbocycles. The molecule has 3 heterocycles. The van der Waals surface area contributed by atoms with Gasteiger partial charge in [-0.2, -0.15) is 5.10 Å². The van der Waals surface area contributed by atoms with Gasteiger partial charge in [0.05, 0.1) is 11.6 Å². The van der Waals surface area contributed by atoms with Crippen LogP contribution >= 0.6 is 0 Å². The standard InChI is InChI=1S/C17H19N5/c1-13-3-4-16-15(11-13)17(19-12-18-16)21-9-5-14(6-10-21)22-8-2-7-20-22/h2-4,7-8,11-12,14H,5-6,9-10H2,1H3. The van der Waals surface area contributed by atoms with Gasteiger partial charge >= 0.3 is 0 Å². The van der Waals surface area contributed by atoms with E-state index in [2.05, 4.69) is 56.0 Å². The van der Waals surface area contributed by atoms with Crippen molar-refractivity contribution in [2.24, 2.45) is 0 Å². The minimum atomic E-state index is 0.501. The maximum atomic E-state index is 4.55. The molecule has 0 aliphatic carbocycles. The number of hydrogen-bond acceptors (Lipinski definition) is 4. The number of aryl methyl sites for hydroxylation is 1. The van der Waals surface area contributed by atoms with Crippen LogP contribution in [0.4, 0.5) is 5.82 Å². The van der Waals surface area contributed by atoms with E-state index < -0.39 is 0 Å². The highest BCUT2D eigenvalue weighted by Gasteiger charge is 2.22. The SMILES string of the molecule is Cc1ccc2ncnc(N3CCC(n4cccn4)CC3)c2c1. The van der Waals surface area contributed by atoms with Crippen LogP contribution in [-0.4, -0.2) is 32.8 Å². The zero-order valence-electron chi connectivity index (χ0n) is 12.7. The normalized spacial score (nSPS) is 16.3. The van der Waals surface area contributed by atoms with Crippen LogP contribution in [0.25, 0.3) is 10.9 Å². The lowest BCUT2D eigenvalue weighted by Crippen LogP contribution is -2.35. The van der Waals surface area contributed by atoms with Crippen LogP contribution in [0.1, 0.15) is 24.4 Å². The van der Waals surface area contributed by atoms with E-state index >= 15 is 0 Å². The van der Waals surface area contributed by atoms with Crippen molar-refractivity contribution >= 4 is 16.7 Å². The Balaban J connectivity index is 1.60. The van der Waals surface area contributed by atoms with Crippen LogP contribution in [0.2, 0.25) is 0 Å². The van der Waals surface area contributed by atoms with Gasteiger partial charge in [-0.3, -0.25) is 4.68 Å². The number of piperidine rings is 1. The molecule has 0 N–H and O–H groups in total. The first-order valence-corrected chi connectivity index (χ1v) is 7.77. The second-order valence-electron chi connectivity index (χ2n) is 5.92. The predicted octanol–water partition coefficient (Wildman–Crippen LogP) is 2.98. The highest BCUT2D eigenvalue weighted by molar-refractivity contribution is 5.89. The summed E-state index contributed by atoms with van der Waals surface area (Å²) in [7, 11) is 0. The molecule has 2 aromatic heterocycles. The summed E-state index contributed by atoms with van der Waals surface area (Å²) >= 11 is 0. The molecule has 22 heavy (non-hydrogen) atoms. The Morgan fingerprint density at radius 3 is 2.77 bits per heavy atom. The van der Waals surface area contributed by atoms with Gasteiger partial charge in [-0.05, 0) is 38.0 Å². The van der Waals surface area contributed by atoms with E-state index in [0.29, 0.717) is 6.04 Å². The molecule has 0 unspecified atom stereocenters. The first kappa shape index (κ1) is 13.2. The fraction of sp³-hybridized carbons (Fsp3) is 0.353. The van der Waals surface area contributed by atoms with Crippen LogP contribution in [0.15, 0.2) is 43.0 Å². The van der Waals surface area contributed by atoms with E-state index in [0.717, 1.165) is 42.7 Å². The third kappa shape index (κ3) is 2.32. The predicted molar refractivity (Wildman–Crippen MR) is 87.0 cm³/mol. The van der Waals surface area contributed by atoms with Crippen LogP contribution in [0, 0.1) is 6.92 Å². The number of rotatable bonds is 2. The number of aromatic nitrogens is 4. The van der Waals surface area contributed by atoms with Gasteiger partial charge in [-0.15, -0.1) is 0 Å². The second kappa shape index (κ2) is 5.40. The van der Waals surface area contributed by atoms with Crippen molar-refractivity contribution in [3.8, 4) is 0 Å². The quantitative estimate of drug-likeness (QED) is 0.729. The minimum absolute atomic E-state index is 0.501. The molecule has 112 valence electrons. The first-order valence-electron chi connectivity index (χ1n) is 7.77. The zero-order valence-corrected chi connectivity index (χ0v) is 12.7. The highest BCUT2D eigenvalue weighted by Crippen LogP contribution is 2.29. The maximum Gasteiger partial charge on any atom is 0.139 e. The molecule has 0 atom stereocenters. The largest absolute Gasteiger partial charge is 0.356 e. The molecular weight excluding hydrogens is 274 g/mol. The molecule has 1 fully saturated rings. The van der Waals surface area contributed by atoms with Crippen molar-refractivity contribution in [1.82, 2.24) is 19.7 Å². The van der Waals surface area contributed by atoms with Gasteiger partial charge in [0.1, 0.15) is 12.1 Å². The molecule has 1 aromatic carbocycles. The fourth-order valence-corrected chi connectivity index (χ4v) is 3.25. The Kier molecular flexibility index (Phi) is 3.25. The second-order valence-corrected chi connectivity index (χ2v) is 5.92. The monoisotopic (exact) mass is 293 g/mol. The molecular formula is C17H19N5. The summed E-state index contributed by atoms with van der Waals surface area (Å²) < 4.78 is 2.08. The highest BCUT2D eigenvalue weighted by atomic mass is 15.3. The van der Waals surface area contributed by atoms with Crippen molar-refractivity contribution in [1.29, 1.82) is 0 Å². The van der Waals surface area contributed by atoms with Crippen molar-refractivity contribution in [3.05, 3.63) is 48.5 Å². The molecule has 5 nitrogen and oxygen atoms in total. The van der Waals surface area contributed by atoms with E-state index in [-0.39, 0.29) is 0 Å². The summed E-state index contributed by atoms with van der Waals surface area (Å²) in [5.74, 6) is 1.06. The van der Waals surface area contributed by atoms with Crippen LogP contribution in [-0.2, 0) is 0 Å². The van der Waals surface area contributed by atoms with E-state index in [1.54, 1.807) is 6.33 Å². The molecule has 0 radical (unpaired) electrons. The number of hydrogen-bond donors (Lipinski definition) is 0. The number of anilines is 1. The number of nitrogens with zero attached hydrogens (tertiary/aromatic N) is 5. The lowest BCUT2D eigenvalue weighted by Gasteiger charge is -2.33. The lowest BCUT2D eigenvalue weighted by molar-refractivity contribution is 0.366. The number of fused-ring (bicyclic) bond motifs is 1. The van der Waals surface area contributed by atoms with E-state index in [9.17, 15) is 0 Å². The van der Waals surface area contributed by atoms with Crippen LogP contribution < -0.4 is 4.90 Å². The molecule has 4 rings (SSSR count). The topological polar surface area (TPSA) is 46.8 Å². The third-order valence-electron chi connectivity index (χ3n) is 4.43. The molecule has 5 heteroatoms. The minimum Gasteiger partial charge on any atom is -0.356 e. The maximum absolute atomic E-state index is 4.55. The summed E-state index contributed by atoms with van der Waals surface area (Å²) in [6.07, 6.45) is 7.78. The van der Waals surface area contributed by atoms with Gasteiger partial charge in [0.2, 0.25) is 0 Å². The molecule has 0 bridgehead atoms. The molecule has 3 aromatic rings. The molecule has 1 aliphatic rings. The van der Waals surface area contributed by atoms with E-state index in [4.69, 9.17) is 0 Å². The number of benzene rings is 1. The van der Waals surface area contributed by atoms with Gasteiger partial charge in [-0.1, -0.05) is 11.6 Å². The Morgan fingerprint density at radius 2 is 2.00 bits per heavy atom. The van der Waals surface area contributed by atoms with Crippen molar-refractivity contribution in [2.45, 2.75) is 25.8 Å². The fourth-order valence-electron chi connectivity index (χ4n) is 3.25. The molecule has 1 saturated heterocycles. The Hall–Kier alpha value is -2.43. The van der Waals surface area contributed by atoms with Crippen molar-refractivity contribution < 1.29 is 0 Å². The van der Waals surface area contributed by atoms with Gasteiger partial charge < -0.3 is 4.90 Å². The lowest BCUT2D eigenvalue weighted by atomic mass is 10.0. The zero-order chi connectivity index (χ0) is 14.9. The summed E-state index contributed by atoms with van der Waals surface area (Å²) in [6, 6.07) is 8.85. The molecule has 0 amide bonds. The van der Waals surface area contributed by atoms with Crippen molar-refractivity contribution in [2.75, 3.05) is 18.0 Å². The molecule has 1 aliphatic heterocycles. The Morgan fingerprint density at radius 1 is 1.14 bits per heavy atom. The third-order valence-corrected chi connectivity index (χ3v) is 4.43. The van der Waals surface area contributed by atoms with Gasteiger partial charge in [0.25, 0.3) is 0 Å². The van der Waals surface area contributed by atoms with Gasteiger partial charge in [0, 0.05) is 30.9 Å². The Bertz CT molecular complexity index is 773. The first-order chi connectivity index (χ1) is 10.8. The Labute approximate surface area is 129 Å². The van der Waals surface area contributed by atoms with Gasteiger partial charge in [-0.25, -0.2) is 9.97 Å².